The van der Waals surface area contributed by atoms with Crippen molar-refractivity contribution in [2.24, 2.45) is 0 Å². The van der Waals surface area contributed by atoms with E-state index in [1.165, 1.54) is 43.2 Å². The molecular weight excluding hydrogens is 244 g/mol. The highest BCUT2D eigenvalue weighted by molar-refractivity contribution is 5.27. The molecule has 1 saturated carbocycles. The Hall–Kier alpha value is -0.860. The second-order valence-electron chi connectivity index (χ2n) is 6.51. The van der Waals surface area contributed by atoms with Crippen LogP contribution in [0, 0.1) is 0 Å². The molecule has 1 aromatic carbocycles. The van der Waals surface area contributed by atoms with Gasteiger partial charge in [-0.25, -0.2) is 0 Å². The summed E-state index contributed by atoms with van der Waals surface area (Å²) in [5, 5.41) is 3.54. The van der Waals surface area contributed by atoms with Gasteiger partial charge >= 0.3 is 0 Å². The van der Waals surface area contributed by atoms with Gasteiger partial charge in [-0.3, -0.25) is 4.90 Å². The van der Waals surface area contributed by atoms with Crippen molar-refractivity contribution >= 4 is 0 Å². The zero-order valence-electron chi connectivity index (χ0n) is 13.4. The Morgan fingerprint density at radius 1 is 1.10 bits per heavy atom. The predicted molar refractivity (Wildman–Crippen MR) is 86.8 cm³/mol. The molecule has 112 valence electrons. The molecule has 0 radical (unpaired) electrons. The van der Waals surface area contributed by atoms with Gasteiger partial charge in [-0.05, 0) is 31.0 Å². The first-order chi connectivity index (χ1) is 9.66. The number of benzene rings is 1. The van der Waals surface area contributed by atoms with Gasteiger partial charge in [-0.15, -0.1) is 0 Å². The van der Waals surface area contributed by atoms with Gasteiger partial charge in [-0.1, -0.05) is 57.4 Å². The molecule has 0 saturated heterocycles. The Kier molecular flexibility index (Phi) is 6.06. The third-order valence-corrected chi connectivity index (χ3v) is 4.44. The number of nitrogens with zero attached hydrogens (tertiary/aromatic N) is 1. The van der Waals surface area contributed by atoms with Crippen LogP contribution in [-0.2, 0) is 13.1 Å². The molecular formula is C18H30N2. The molecule has 2 rings (SSSR count). The molecule has 1 N–H and O–H groups in total. The number of hydrogen-bond acceptors (Lipinski definition) is 2. The Morgan fingerprint density at radius 2 is 1.75 bits per heavy atom. The lowest BCUT2D eigenvalue weighted by atomic mass is 9.94. The minimum atomic E-state index is 0.541. The maximum Gasteiger partial charge on any atom is 0.0236 e. The lowest BCUT2D eigenvalue weighted by molar-refractivity contribution is 0.184. The first-order valence-corrected chi connectivity index (χ1v) is 8.17. The first kappa shape index (κ1) is 15.5. The smallest absolute Gasteiger partial charge is 0.0236 e. The van der Waals surface area contributed by atoms with Crippen molar-refractivity contribution in [2.75, 3.05) is 7.05 Å². The van der Waals surface area contributed by atoms with Crippen molar-refractivity contribution in [3.05, 3.63) is 35.4 Å². The molecule has 20 heavy (non-hydrogen) atoms. The fourth-order valence-corrected chi connectivity index (χ4v) is 3.12. The van der Waals surface area contributed by atoms with Gasteiger partial charge in [0.1, 0.15) is 0 Å². The van der Waals surface area contributed by atoms with E-state index in [1.54, 1.807) is 0 Å². The molecule has 0 aromatic heterocycles. The Morgan fingerprint density at radius 3 is 2.40 bits per heavy atom. The zero-order valence-corrected chi connectivity index (χ0v) is 13.4. The lowest BCUT2D eigenvalue weighted by Crippen LogP contribution is -2.33. The third-order valence-electron chi connectivity index (χ3n) is 4.44. The molecule has 1 aromatic rings. The number of hydrogen-bond donors (Lipinski definition) is 1. The summed E-state index contributed by atoms with van der Waals surface area (Å²) in [5.41, 5.74) is 2.93. The molecule has 1 fully saturated rings. The van der Waals surface area contributed by atoms with Crippen LogP contribution in [-0.4, -0.2) is 24.0 Å². The van der Waals surface area contributed by atoms with Gasteiger partial charge in [0, 0.05) is 25.2 Å². The summed E-state index contributed by atoms with van der Waals surface area (Å²) in [7, 11) is 2.29. The highest BCUT2D eigenvalue weighted by Gasteiger charge is 2.18. The van der Waals surface area contributed by atoms with Crippen LogP contribution in [0.4, 0.5) is 0 Å². The van der Waals surface area contributed by atoms with E-state index >= 15 is 0 Å². The van der Waals surface area contributed by atoms with Gasteiger partial charge in [-0.2, -0.15) is 0 Å². The van der Waals surface area contributed by atoms with Gasteiger partial charge in [0.2, 0.25) is 0 Å². The van der Waals surface area contributed by atoms with Gasteiger partial charge in [0.05, 0.1) is 0 Å². The summed E-state index contributed by atoms with van der Waals surface area (Å²) in [6, 6.07) is 10.2. The van der Waals surface area contributed by atoms with Crippen LogP contribution in [0.5, 0.6) is 0 Å². The molecule has 2 heteroatoms. The molecule has 0 heterocycles. The second kappa shape index (κ2) is 7.80. The Bertz CT molecular complexity index is 394. The standard InChI is InChI=1S/C18H30N2/c1-15(2)19-13-16-9-7-8-10-17(16)14-20(3)18-11-5-4-6-12-18/h7-10,15,18-19H,4-6,11-14H2,1-3H3. The first-order valence-electron chi connectivity index (χ1n) is 8.17. The highest BCUT2D eigenvalue weighted by Crippen LogP contribution is 2.23. The Balaban J connectivity index is 1.96. The summed E-state index contributed by atoms with van der Waals surface area (Å²) in [6.45, 7) is 6.47. The van der Waals surface area contributed by atoms with Crippen LogP contribution < -0.4 is 5.32 Å². The van der Waals surface area contributed by atoms with E-state index in [0.29, 0.717) is 6.04 Å². The quantitative estimate of drug-likeness (QED) is 0.845. The van der Waals surface area contributed by atoms with Crippen LogP contribution in [0.15, 0.2) is 24.3 Å². The number of rotatable bonds is 6. The summed E-state index contributed by atoms with van der Waals surface area (Å²) in [5.74, 6) is 0. The molecule has 0 bridgehead atoms. The zero-order chi connectivity index (χ0) is 14.4. The van der Waals surface area contributed by atoms with Gasteiger partial charge in [0.15, 0.2) is 0 Å². The molecule has 0 aliphatic heterocycles. The normalized spacial score (nSPS) is 17.1. The third kappa shape index (κ3) is 4.60. The SMILES string of the molecule is CC(C)NCc1ccccc1CN(C)C1CCCCC1. The van der Waals surface area contributed by atoms with Crippen LogP contribution in [0.2, 0.25) is 0 Å². The summed E-state index contributed by atoms with van der Waals surface area (Å²) < 4.78 is 0. The van der Waals surface area contributed by atoms with E-state index in [4.69, 9.17) is 0 Å². The highest BCUT2D eigenvalue weighted by atomic mass is 15.1. The lowest BCUT2D eigenvalue weighted by Gasteiger charge is -2.31. The van der Waals surface area contributed by atoms with E-state index in [-0.39, 0.29) is 0 Å². The van der Waals surface area contributed by atoms with Crippen LogP contribution >= 0.6 is 0 Å². The minimum absolute atomic E-state index is 0.541. The maximum atomic E-state index is 3.54. The van der Waals surface area contributed by atoms with Crippen molar-refractivity contribution in [3.63, 3.8) is 0 Å². The fraction of sp³-hybridized carbons (Fsp3) is 0.667. The average molecular weight is 274 g/mol. The largest absolute Gasteiger partial charge is 0.310 e. The van der Waals surface area contributed by atoms with E-state index < -0.39 is 0 Å². The second-order valence-corrected chi connectivity index (χ2v) is 6.51. The van der Waals surface area contributed by atoms with Crippen molar-refractivity contribution in [1.82, 2.24) is 10.2 Å². The van der Waals surface area contributed by atoms with E-state index in [0.717, 1.165) is 19.1 Å². The van der Waals surface area contributed by atoms with E-state index in [1.807, 2.05) is 0 Å². The average Bonchev–Trinajstić information content (AvgIpc) is 2.47. The van der Waals surface area contributed by atoms with Gasteiger partial charge in [0.25, 0.3) is 0 Å². The van der Waals surface area contributed by atoms with Crippen molar-refractivity contribution in [1.29, 1.82) is 0 Å². The van der Waals surface area contributed by atoms with E-state index in [9.17, 15) is 0 Å². The van der Waals surface area contributed by atoms with Crippen LogP contribution in [0.3, 0.4) is 0 Å². The van der Waals surface area contributed by atoms with Crippen molar-refractivity contribution < 1.29 is 0 Å². The molecule has 2 nitrogen and oxygen atoms in total. The van der Waals surface area contributed by atoms with Crippen molar-refractivity contribution in [3.8, 4) is 0 Å². The predicted octanol–water partition coefficient (Wildman–Crippen LogP) is 3.95. The number of nitrogens with one attached hydrogen (secondary N) is 1. The monoisotopic (exact) mass is 274 g/mol. The molecule has 1 aliphatic carbocycles. The molecule has 0 spiro atoms. The Labute approximate surface area is 124 Å². The molecule has 0 atom stereocenters. The van der Waals surface area contributed by atoms with Gasteiger partial charge < -0.3 is 5.32 Å². The molecule has 0 amide bonds. The molecule has 0 unspecified atom stereocenters. The maximum absolute atomic E-state index is 3.54. The molecule has 1 aliphatic rings. The summed E-state index contributed by atoms with van der Waals surface area (Å²) in [4.78, 5) is 2.56. The minimum Gasteiger partial charge on any atom is -0.310 e. The summed E-state index contributed by atoms with van der Waals surface area (Å²) in [6.07, 6.45) is 7.00. The summed E-state index contributed by atoms with van der Waals surface area (Å²) >= 11 is 0. The van der Waals surface area contributed by atoms with E-state index in [2.05, 4.69) is 55.4 Å². The van der Waals surface area contributed by atoms with Crippen LogP contribution in [0.1, 0.15) is 57.1 Å². The topological polar surface area (TPSA) is 15.3 Å². The van der Waals surface area contributed by atoms with Crippen LogP contribution in [0.25, 0.3) is 0 Å². The fourth-order valence-electron chi connectivity index (χ4n) is 3.12. The van der Waals surface area contributed by atoms with Crippen molar-refractivity contribution in [2.45, 2.75) is 71.1 Å².